The largest absolute Gasteiger partial charge is 0.366 e. The van der Waals surface area contributed by atoms with E-state index in [1.165, 1.54) is 18.3 Å². The molecule has 0 radical (unpaired) electrons. The highest BCUT2D eigenvalue weighted by molar-refractivity contribution is 7.88. The monoisotopic (exact) mass is 271 g/mol. The van der Waals surface area contributed by atoms with E-state index in [-0.39, 0.29) is 17.0 Å². The van der Waals surface area contributed by atoms with Gasteiger partial charge in [-0.1, -0.05) is 0 Å². The first-order chi connectivity index (χ1) is 8.11. The number of primary amides is 1. The minimum absolute atomic E-state index is 0.122. The Bertz CT molecular complexity index is 547. The van der Waals surface area contributed by atoms with E-state index in [9.17, 15) is 13.2 Å². The molecule has 6 nitrogen and oxygen atoms in total. The first-order valence-electron chi connectivity index (χ1n) is 5.36. The van der Waals surface area contributed by atoms with E-state index in [4.69, 9.17) is 5.73 Å². The Labute approximate surface area is 107 Å². The van der Waals surface area contributed by atoms with Crippen LogP contribution in [0.2, 0.25) is 0 Å². The van der Waals surface area contributed by atoms with Gasteiger partial charge in [0, 0.05) is 11.7 Å². The van der Waals surface area contributed by atoms with Crippen molar-refractivity contribution in [2.24, 2.45) is 5.73 Å². The van der Waals surface area contributed by atoms with Gasteiger partial charge in [0.1, 0.15) is 5.75 Å². The van der Waals surface area contributed by atoms with E-state index < -0.39 is 21.5 Å². The number of nitrogens with zero attached hydrogens (tertiary/aromatic N) is 1. The van der Waals surface area contributed by atoms with Gasteiger partial charge in [0.25, 0.3) is 5.91 Å². The number of carbonyl (C=O) groups excluding carboxylic acids is 1. The van der Waals surface area contributed by atoms with Gasteiger partial charge in [-0.25, -0.2) is 13.1 Å². The Morgan fingerprint density at radius 1 is 1.44 bits per heavy atom. The normalized spacial score (nSPS) is 12.4. The first kappa shape index (κ1) is 14.6. The number of pyridine rings is 1. The summed E-state index contributed by atoms with van der Waals surface area (Å²) in [5.74, 6) is -1.06. The van der Waals surface area contributed by atoms with E-state index in [0.717, 1.165) is 0 Å². The molecule has 0 fully saturated rings. The van der Waals surface area contributed by atoms with E-state index in [0.29, 0.717) is 0 Å². The number of carbonyl (C=O) groups is 1. The molecule has 0 aliphatic heterocycles. The van der Waals surface area contributed by atoms with Gasteiger partial charge in [0.15, 0.2) is 0 Å². The third-order valence-corrected chi connectivity index (χ3v) is 3.52. The summed E-state index contributed by atoms with van der Waals surface area (Å²) in [4.78, 5) is 15.1. The predicted molar refractivity (Wildman–Crippen MR) is 68.3 cm³/mol. The third-order valence-electron chi connectivity index (χ3n) is 1.94. The number of aromatic nitrogens is 1. The van der Waals surface area contributed by atoms with Crippen molar-refractivity contribution >= 4 is 15.9 Å². The Hall–Kier alpha value is -1.47. The molecule has 0 bridgehead atoms. The van der Waals surface area contributed by atoms with Crippen molar-refractivity contribution in [1.82, 2.24) is 9.71 Å². The van der Waals surface area contributed by atoms with Gasteiger partial charge in [-0.2, -0.15) is 0 Å². The smallest absolute Gasteiger partial charge is 0.250 e. The predicted octanol–water partition coefficient (Wildman–Crippen LogP) is 0.398. The summed E-state index contributed by atoms with van der Waals surface area (Å²) in [5, 5.41) is 0. The van der Waals surface area contributed by atoms with E-state index >= 15 is 0 Å². The second-order valence-corrected chi connectivity index (χ2v) is 6.70. The van der Waals surface area contributed by atoms with Crippen LogP contribution >= 0.6 is 0 Å². The molecule has 0 saturated heterocycles. The molecule has 1 amide bonds. The molecule has 1 aromatic rings. The number of amides is 1. The summed E-state index contributed by atoms with van der Waals surface area (Å²) in [6, 6.07) is 2.99. The van der Waals surface area contributed by atoms with Gasteiger partial charge < -0.3 is 5.73 Å². The van der Waals surface area contributed by atoms with Crippen molar-refractivity contribution < 1.29 is 13.2 Å². The van der Waals surface area contributed by atoms with Crippen LogP contribution in [0.5, 0.6) is 0 Å². The summed E-state index contributed by atoms with van der Waals surface area (Å²) in [5.41, 5.74) is 4.86. The molecular formula is C11H17N3O3S. The molecule has 0 aliphatic rings. The van der Waals surface area contributed by atoms with Crippen LogP contribution in [0, 0.1) is 0 Å². The maximum absolute atomic E-state index is 11.9. The molecule has 7 heteroatoms. The first-order valence-corrected chi connectivity index (χ1v) is 7.01. The lowest BCUT2D eigenvalue weighted by atomic mass is 10.1. The molecule has 0 aromatic carbocycles. The second kappa shape index (κ2) is 5.03. The van der Waals surface area contributed by atoms with Crippen LogP contribution in [0.4, 0.5) is 0 Å². The molecule has 1 aromatic heterocycles. The zero-order valence-corrected chi connectivity index (χ0v) is 11.4. The van der Waals surface area contributed by atoms with Gasteiger partial charge in [-0.3, -0.25) is 9.78 Å². The summed E-state index contributed by atoms with van der Waals surface area (Å²) < 4.78 is 26.3. The van der Waals surface area contributed by atoms with Crippen molar-refractivity contribution in [1.29, 1.82) is 0 Å². The highest BCUT2D eigenvalue weighted by atomic mass is 32.2. The Morgan fingerprint density at radius 2 is 2.06 bits per heavy atom. The van der Waals surface area contributed by atoms with Crippen LogP contribution in [0.3, 0.4) is 0 Å². The maximum atomic E-state index is 11.9. The van der Waals surface area contributed by atoms with E-state index in [1.54, 1.807) is 20.8 Å². The molecule has 100 valence electrons. The lowest BCUT2D eigenvalue weighted by molar-refractivity contribution is 0.0999. The van der Waals surface area contributed by atoms with Crippen molar-refractivity contribution in [3.63, 3.8) is 0 Å². The molecule has 0 saturated carbocycles. The fraction of sp³-hybridized carbons (Fsp3) is 0.455. The van der Waals surface area contributed by atoms with Gasteiger partial charge in [0.2, 0.25) is 10.0 Å². The fourth-order valence-electron chi connectivity index (χ4n) is 1.46. The van der Waals surface area contributed by atoms with Gasteiger partial charge in [-0.05, 0) is 32.9 Å². The van der Waals surface area contributed by atoms with Crippen LogP contribution in [0.15, 0.2) is 18.3 Å². The van der Waals surface area contributed by atoms with Crippen molar-refractivity contribution in [2.45, 2.75) is 32.1 Å². The van der Waals surface area contributed by atoms with Crippen LogP contribution < -0.4 is 10.5 Å². The van der Waals surface area contributed by atoms with Crippen molar-refractivity contribution in [2.75, 3.05) is 0 Å². The van der Waals surface area contributed by atoms with Gasteiger partial charge in [-0.15, -0.1) is 0 Å². The van der Waals surface area contributed by atoms with Gasteiger partial charge in [0.05, 0.1) is 11.3 Å². The number of nitrogens with one attached hydrogen (secondary N) is 1. The molecule has 0 spiro atoms. The number of rotatable bonds is 4. The molecule has 1 heterocycles. The molecule has 0 atom stereocenters. The SMILES string of the molecule is CC(C)(C)NS(=O)(=O)Cc1ncccc1C(N)=O. The lowest BCUT2D eigenvalue weighted by Crippen LogP contribution is -2.41. The van der Waals surface area contributed by atoms with Crippen molar-refractivity contribution in [3.8, 4) is 0 Å². The molecular weight excluding hydrogens is 254 g/mol. The summed E-state index contributed by atoms with van der Waals surface area (Å²) in [6.07, 6.45) is 1.42. The Balaban J connectivity index is 3.02. The van der Waals surface area contributed by atoms with E-state index in [1.807, 2.05) is 0 Å². The minimum Gasteiger partial charge on any atom is -0.366 e. The zero-order valence-electron chi connectivity index (χ0n) is 10.6. The Kier molecular flexibility index (Phi) is 4.08. The quantitative estimate of drug-likeness (QED) is 0.827. The molecule has 1 rings (SSSR count). The van der Waals surface area contributed by atoms with Crippen LogP contribution in [-0.4, -0.2) is 24.8 Å². The average Bonchev–Trinajstić information content (AvgIpc) is 2.13. The standard InChI is InChI=1S/C11H17N3O3S/c1-11(2,3)14-18(16,17)7-9-8(10(12)15)5-4-6-13-9/h4-6,14H,7H2,1-3H3,(H2,12,15). The molecule has 0 unspecified atom stereocenters. The fourth-order valence-corrected chi connectivity index (χ4v) is 3.06. The number of nitrogens with two attached hydrogens (primary N) is 1. The second-order valence-electron chi connectivity index (χ2n) is 4.97. The summed E-state index contributed by atoms with van der Waals surface area (Å²) in [7, 11) is -3.57. The number of sulfonamides is 1. The topological polar surface area (TPSA) is 102 Å². The highest BCUT2D eigenvalue weighted by Crippen LogP contribution is 2.11. The Morgan fingerprint density at radius 3 is 2.56 bits per heavy atom. The highest BCUT2D eigenvalue weighted by Gasteiger charge is 2.22. The van der Waals surface area contributed by atoms with Crippen LogP contribution in [-0.2, 0) is 15.8 Å². The van der Waals surface area contributed by atoms with E-state index in [2.05, 4.69) is 9.71 Å². The minimum atomic E-state index is -3.57. The number of hydrogen-bond donors (Lipinski definition) is 2. The molecule has 0 aliphatic carbocycles. The maximum Gasteiger partial charge on any atom is 0.250 e. The van der Waals surface area contributed by atoms with Crippen molar-refractivity contribution in [3.05, 3.63) is 29.6 Å². The zero-order chi connectivity index (χ0) is 14.0. The van der Waals surface area contributed by atoms with Crippen LogP contribution in [0.25, 0.3) is 0 Å². The average molecular weight is 271 g/mol. The van der Waals surface area contributed by atoms with Crippen LogP contribution in [0.1, 0.15) is 36.8 Å². The van der Waals surface area contributed by atoms with Gasteiger partial charge >= 0.3 is 0 Å². The molecule has 3 N–H and O–H groups in total. The lowest BCUT2D eigenvalue weighted by Gasteiger charge is -2.20. The summed E-state index contributed by atoms with van der Waals surface area (Å²) in [6.45, 7) is 5.20. The number of hydrogen-bond acceptors (Lipinski definition) is 4. The third kappa shape index (κ3) is 4.42. The molecule has 18 heavy (non-hydrogen) atoms. The summed E-state index contributed by atoms with van der Waals surface area (Å²) >= 11 is 0.